The molecule has 126 valence electrons. The molecule has 2 aromatic heterocycles. The second-order valence-corrected chi connectivity index (χ2v) is 6.76. The SMILES string of the molecule is Cc1nc(N2CCN(C)CC2)nc2c1C(=O)C[C@@H](c1ccco1)C2. The van der Waals surface area contributed by atoms with Crippen molar-refractivity contribution in [3.05, 3.63) is 41.1 Å². The maximum atomic E-state index is 12.6. The van der Waals surface area contributed by atoms with Crippen molar-refractivity contribution < 1.29 is 9.21 Å². The molecule has 3 heterocycles. The van der Waals surface area contributed by atoms with Crippen molar-refractivity contribution >= 4 is 11.7 Å². The van der Waals surface area contributed by atoms with E-state index in [9.17, 15) is 4.79 Å². The molecule has 2 aliphatic rings. The molecule has 6 heteroatoms. The van der Waals surface area contributed by atoms with E-state index in [1.807, 2.05) is 19.1 Å². The average molecular weight is 326 g/mol. The number of aryl methyl sites for hydroxylation is 1. The molecule has 6 nitrogen and oxygen atoms in total. The van der Waals surface area contributed by atoms with Crippen LogP contribution in [0.2, 0.25) is 0 Å². The molecule has 24 heavy (non-hydrogen) atoms. The fourth-order valence-corrected chi connectivity index (χ4v) is 3.63. The van der Waals surface area contributed by atoms with Crippen molar-refractivity contribution in [3.63, 3.8) is 0 Å². The fourth-order valence-electron chi connectivity index (χ4n) is 3.63. The van der Waals surface area contributed by atoms with Crippen LogP contribution in [0.4, 0.5) is 5.95 Å². The lowest BCUT2D eigenvalue weighted by molar-refractivity contribution is 0.0958. The Morgan fingerprint density at radius 3 is 2.67 bits per heavy atom. The molecule has 1 aliphatic carbocycles. The molecular formula is C18H22N4O2. The Balaban J connectivity index is 1.66. The predicted molar refractivity (Wildman–Crippen MR) is 90.6 cm³/mol. The Bertz CT molecular complexity index is 749. The number of hydrogen-bond acceptors (Lipinski definition) is 6. The summed E-state index contributed by atoms with van der Waals surface area (Å²) >= 11 is 0. The van der Waals surface area contributed by atoms with Crippen LogP contribution in [-0.4, -0.2) is 53.9 Å². The topological polar surface area (TPSA) is 62.5 Å². The molecule has 0 amide bonds. The van der Waals surface area contributed by atoms with Crippen LogP contribution in [0.25, 0.3) is 0 Å². The number of nitrogens with zero attached hydrogens (tertiary/aromatic N) is 4. The first-order chi connectivity index (χ1) is 11.6. The Labute approximate surface area is 141 Å². The van der Waals surface area contributed by atoms with Gasteiger partial charge in [-0.05, 0) is 26.1 Å². The number of carbonyl (C=O) groups excluding carboxylic acids is 1. The molecule has 0 bridgehead atoms. The molecule has 4 rings (SSSR count). The van der Waals surface area contributed by atoms with E-state index in [0.29, 0.717) is 6.42 Å². The van der Waals surface area contributed by atoms with Gasteiger partial charge in [0.2, 0.25) is 5.95 Å². The summed E-state index contributed by atoms with van der Waals surface area (Å²) in [5.41, 5.74) is 2.39. The van der Waals surface area contributed by atoms with E-state index in [2.05, 4.69) is 21.8 Å². The summed E-state index contributed by atoms with van der Waals surface area (Å²) in [5.74, 6) is 1.83. The van der Waals surface area contributed by atoms with Crippen LogP contribution in [0.15, 0.2) is 22.8 Å². The third kappa shape index (κ3) is 2.71. The Hall–Kier alpha value is -2.21. The predicted octanol–water partition coefficient (Wildman–Crippen LogP) is 2.04. The highest BCUT2D eigenvalue weighted by molar-refractivity contribution is 5.99. The van der Waals surface area contributed by atoms with Crippen molar-refractivity contribution in [2.45, 2.75) is 25.7 Å². The number of carbonyl (C=O) groups is 1. The third-order valence-corrected chi connectivity index (χ3v) is 5.04. The van der Waals surface area contributed by atoms with Crippen molar-refractivity contribution in [3.8, 4) is 0 Å². The normalized spacial score (nSPS) is 21.8. The van der Waals surface area contributed by atoms with Gasteiger partial charge in [0.15, 0.2) is 5.78 Å². The molecule has 1 aliphatic heterocycles. The molecule has 1 saturated heterocycles. The van der Waals surface area contributed by atoms with Crippen molar-refractivity contribution in [2.24, 2.45) is 0 Å². The molecule has 0 spiro atoms. The minimum Gasteiger partial charge on any atom is -0.469 e. The van der Waals surface area contributed by atoms with Crippen LogP contribution in [0.5, 0.6) is 0 Å². The summed E-state index contributed by atoms with van der Waals surface area (Å²) in [4.78, 5) is 26.5. The highest BCUT2D eigenvalue weighted by Crippen LogP contribution is 2.33. The maximum absolute atomic E-state index is 12.6. The summed E-state index contributed by atoms with van der Waals surface area (Å²) in [6.45, 7) is 5.78. The number of hydrogen-bond donors (Lipinski definition) is 0. The Kier molecular flexibility index (Phi) is 3.84. The van der Waals surface area contributed by atoms with E-state index >= 15 is 0 Å². The van der Waals surface area contributed by atoms with Crippen LogP contribution >= 0.6 is 0 Å². The van der Waals surface area contributed by atoms with Gasteiger partial charge < -0.3 is 14.2 Å². The van der Waals surface area contributed by atoms with Gasteiger partial charge in [0.05, 0.1) is 23.2 Å². The van der Waals surface area contributed by atoms with Gasteiger partial charge in [0.25, 0.3) is 0 Å². The van der Waals surface area contributed by atoms with Crippen LogP contribution in [0.1, 0.15) is 39.8 Å². The van der Waals surface area contributed by atoms with Gasteiger partial charge in [0, 0.05) is 44.9 Å². The molecular weight excluding hydrogens is 304 g/mol. The molecule has 0 saturated carbocycles. The molecule has 0 unspecified atom stereocenters. The Morgan fingerprint density at radius 1 is 1.17 bits per heavy atom. The second-order valence-electron chi connectivity index (χ2n) is 6.76. The van der Waals surface area contributed by atoms with Crippen LogP contribution < -0.4 is 4.90 Å². The van der Waals surface area contributed by atoms with Crippen molar-refractivity contribution in [1.82, 2.24) is 14.9 Å². The van der Waals surface area contributed by atoms with Crippen LogP contribution in [0, 0.1) is 6.92 Å². The van der Waals surface area contributed by atoms with Crippen molar-refractivity contribution in [2.75, 3.05) is 38.1 Å². The Morgan fingerprint density at radius 2 is 1.96 bits per heavy atom. The molecule has 1 fully saturated rings. The van der Waals surface area contributed by atoms with E-state index in [-0.39, 0.29) is 11.7 Å². The number of fused-ring (bicyclic) bond motifs is 1. The zero-order valence-corrected chi connectivity index (χ0v) is 14.2. The summed E-state index contributed by atoms with van der Waals surface area (Å²) in [7, 11) is 2.13. The van der Waals surface area contributed by atoms with E-state index in [1.165, 1.54) is 0 Å². The van der Waals surface area contributed by atoms with Crippen molar-refractivity contribution in [1.29, 1.82) is 0 Å². The standard InChI is InChI=1S/C18H22N4O2/c1-12-17-14(10-13(11-15(17)23)16-4-3-9-24-16)20-18(19-12)22-7-5-21(2)6-8-22/h3-4,9,13H,5-8,10-11H2,1-2H3/t13-/m0/s1. The maximum Gasteiger partial charge on any atom is 0.225 e. The lowest BCUT2D eigenvalue weighted by Gasteiger charge is -2.33. The lowest BCUT2D eigenvalue weighted by atomic mass is 9.84. The van der Waals surface area contributed by atoms with Crippen LogP contribution in [-0.2, 0) is 6.42 Å². The minimum atomic E-state index is 0.0784. The highest BCUT2D eigenvalue weighted by atomic mass is 16.3. The van der Waals surface area contributed by atoms with Gasteiger partial charge >= 0.3 is 0 Å². The van der Waals surface area contributed by atoms with Gasteiger partial charge in [-0.3, -0.25) is 4.79 Å². The molecule has 0 N–H and O–H groups in total. The van der Waals surface area contributed by atoms with E-state index < -0.39 is 0 Å². The number of likely N-dealkylation sites (N-methyl/N-ethyl adjacent to an activating group) is 1. The van der Waals surface area contributed by atoms with Gasteiger partial charge in [-0.25, -0.2) is 9.97 Å². The first-order valence-electron chi connectivity index (χ1n) is 8.49. The number of Topliss-reactive ketones (excluding diaryl/α,β-unsaturated/α-hetero) is 1. The quantitative estimate of drug-likeness (QED) is 0.842. The van der Waals surface area contributed by atoms with Gasteiger partial charge in [-0.2, -0.15) is 0 Å². The number of aromatic nitrogens is 2. The zero-order chi connectivity index (χ0) is 16.7. The number of piperazine rings is 1. The van der Waals surface area contributed by atoms with Gasteiger partial charge in [-0.15, -0.1) is 0 Å². The van der Waals surface area contributed by atoms with E-state index in [1.54, 1.807) is 6.26 Å². The minimum absolute atomic E-state index is 0.0784. The zero-order valence-electron chi connectivity index (χ0n) is 14.2. The third-order valence-electron chi connectivity index (χ3n) is 5.04. The molecule has 0 radical (unpaired) electrons. The van der Waals surface area contributed by atoms with E-state index in [0.717, 1.165) is 61.3 Å². The number of rotatable bonds is 2. The first-order valence-corrected chi connectivity index (χ1v) is 8.49. The molecule has 0 aromatic carbocycles. The van der Waals surface area contributed by atoms with E-state index in [4.69, 9.17) is 9.40 Å². The number of furan rings is 1. The first kappa shape index (κ1) is 15.3. The number of ketones is 1. The fraction of sp³-hybridized carbons (Fsp3) is 0.500. The largest absolute Gasteiger partial charge is 0.469 e. The average Bonchev–Trinajstić information content (AvgIpc) is 3.09. The van der Waals surface area contributed by atoms with Crippen LogP contribution in [0.3, 0.4) is 0 Å². The summed E-state index contributed by atoms with van der Waals surface area (Å²) in [6.07, 6.45) is 2.87. The van der Waals surface area contributed by atoms with Gasteiger partial charge in [0.1, 0.15) is 5.76 Å². The number of anilines is 1. The smallest absolute Gasteiger partial charge is 0.225 e. The molecule has 2 aromatic rings. The highest BCUT2D eigenvalue weighted by Gasteiger charge is 2.32. The summed E-state index contributed by atoms with van der Waals surface area (Å²) in [5, 5.41) is 0. The van der Waals surface area contributed by atoms with Gasteiger partial charge in [-0.1, -0.05) is 0 Å². The molecule has 1 atom stereocenters. The summed E-state index contributed by atoms with van der Waals surface area (Å²) in [6, 6.07) is 3.81. The summed E-state index contributed by atoms with van der Waals surface area (Å²) < 4.78 is 5.51. The lowest BCUT2D eigenvalue weighted by Crippen LogP contribution is -2.45. The monoisotopic (exact) mass is 326 g/mol. The second kappa shape index (κ2) is 6.02.